The average molecular weight is 403 g/mol. The van der Waals surface area contributed by atoms with Gasteiger partial charge in [0.1, 0.15) is 0 Å². The third kappa shape index (κ3) is 5.66. The molecule has 0 aliphatic rings. The molecule has 0 aromatic heterocycles. The second-order valence-electron chi connectivity index (χ2n) is 6.45. The summed E-state index contributed by atoms with van der Waals surface area (Å²) in [6.45, 7) is 5.82. The second-order valence-corrected chi connectivity index (χ2v) is 7.43. The first-order valence-electron chi connectivity index (χ1n) is 8.81. The maximum Gasteiger partial charge on any atom is 0.269 e. The van der Waals surface area contributed by atoms with Gasteiger partial charge in [-0.15, -0.1) is 11.8 Å². The van der Waals surface area contributed by atoms with E-state index in [9.17, 15) is 9.59 Å². The van der Waals surface area contributed by atoms with Crippen molar-refractivity contribution in [2.45, 2.75) is 26.5 Å². The third-order valence-electron chi connectivity index (χ3n) is 4.27. The first kappa shape index (κ1) is 21.6. The molecular formula is C21H26N2O4S. The lowest BCUT2D eigenvalue weighted by Crippen LogP contribution is -2.42. The molecule has 6 nitrogen and oxygen atoms in total. The number of hydrogen-bond acceptors (Lipinski definition) is 5. The number of amides is 2. The molecule has 2 N–H and O–H groups in total. The average Bonchev–Trinajstić information content (AvgIpc) is 2.67. The highest BCUT2D eigenvalue weighted by atomic mass is 32.2. The molecule has 0 saturated carbocycles. The number of benzene rings is 2. The van der Waals surface area contributed by atoms with Gasteiger partial charge in [-0.1, -0.05) is 17.7 Å². The van der Waals surface area contributed by atoms with Gasteiger partial charge >= 0.3 is 0 Å². The molecule has 0 spiro atoms. The van der Waals surface area contributed by atoms with Gasteiger partial charge in [-0.3, -0.25) is 20.4 Å². The molecule has 0 aliphatic heterocycles. The maximum atomic E-state index is 12.2. The van der Waals surface area contributed by atoms with Crippen molar-refractivity contribution in [3.05, 3.63) is 58.1 Å². The molecule has 0 unspecified atom stereocenters. The van der Waals surface area contributed by atoms with Gasteiger partial charge < -0.3 is 9.47 Å². The summed E-state index contributed by atoms with van der Waals surface area (Å²) >= 11 is 1.45. The van der Waals surface area contributed by atoms with Crippen LogP contribution in [0.2, 0.25) is 0 Å². The number of hydrazine groups is 1. The van der Waals surface area contributed by atoms with Gasteiger partial charge in [-0.2, -0.15) is 0 Å². The van der Waals surface area contributed by atoms with Crippen molar-refractivity contribution < 1.29 is 19.1 Å². The number of methoxy groups -OCH3 is 2. The van der Waals surface area contributed by atoms with Gasteiger partial charge in [0.15, 0.2) is 11.5 Å². The summed E-state index contributed by atoms with van der Waals surface area (Å²) in [6, 6.07) is 9.38. The fourth-order valence-corrected chi connectivity index (χ4v) is 3.62. The van der Waals surface area contributed by atoms with Gasteiger partial charge in [0.25, 0.3) is 5.91 Å². The molecular weight excluding hydrogens is 376 g/mol. The van der Waals surface area contributed by atoms with Gasteiger partial charge in [0.05, 0.1) is 20.0 Å². The molecule has 0 bridgehead atoms. The summed E-state index contributed by atoms with van der Waals surface area (Å²) in [4.78, 5) is 24.2. The van der Waals surface area contributed by atoms with Gasteiger partial charge in [0.2, 0.25) is 5.91 Å². The summed E-state index contributed by atoms with van der Waals surface area (Å²) in [5.41, 5.74) is 9.54. The summed E-state index contributed by atoms with van der Waals surface area (Å²) < 4.78 is 10.6. The molecule has 7 heteroatoms. The van der Waals surface area contributed by atoms with E-state index in [2.05, 4.69) is 10.9 Å². The highest BCUT2D eigenvalue weighted by Crippen LogP contribution is 2.31. The van der Waals surface area contributed by atoms with Crippen LogP contribution in [0.25, 0.3) is 0 Å². The number of carbonyl (C=O) groups excluding carboxylic acids is 2. The van der Waals surface area contributed by atoms with Crippen LogP contribution in [0.5, 0.6) is 11.5 Å². The van der Waals surface area contributed by atoms with E-state index in [-0.39, 0.29) is 17.6 Å². The first-order chi connectivity index (χ1) is 13.3. The molecule has 0 radical (unpaired) electrons. The van der Waals surface area contributed by atoms with Crippen LogP contribution in [0, 0.1) is 20.8 Å². The minimum Gasteiger partial charge on any atom is -0.493 e. The summed E-state index contributed by atoms with van der Waals surface area (Å²) in [5, 5.41) is 0. The van der Waals surface area contributed by atoms with E-state index < -0.39 is 0 Å². The number of carbonyl (C=O) groups is 2. The molecule has 2 rings (SSSR count). The van der Waals surface area contributed by atoms with E-state index in [4.69, 9.17) is 9.47 Å². The van der Waals surface area contributed by atoms with Crippen LogP contribution < -0.4 is 20.3 Å². The smallest absolute Gasteiger partial charge is 0.269 e. The second kappa shape index (κ2) is 10.0. The van der Waals surface area contributed by atoms with E-state index in [0.717, 1.165) is 22.3 Å². The summed E-state index contributed by atoms with van der Waals surface area (Å²) in [7, 11) is 3.19. The van der Waals surface area contributed by atoms with E-state index in [0.29, 0.717) is 22.8 Å². The van der Waals surface area contributed by atoms with Crippen molar-refractivity contribution >= 4 is 23.6 Å². The number of rotatable bonds is 7. The van der Waals surface area contributed by atoms with E-state index in [1.54, 1.807) is 20.3 Å². The Bertz CT molecular complexity index is 868. The highest BCUT2D eigenvalue weighted by molar-refractivity contribution is 7.99. The molecule has 2 amide bonds. The van der Waals surface area contributed by atoms with Gasteiger partial charge in [-0.25, -0.2) is 0 Å². The van der Waals surface area contributed by atoms with E-state index >= 15 is 0 Å². The van der Waals surface area contributed by atoms with E-state index in [1.165, 1.54) is 11.8 Å². The molecule has 150 valence electrons. The van der Waals surface area contributed by atoms with Crippen molar-refractivity contribution in [3.8, 4) is 11.5 Å². The molecule has 0 saturated heterocycles. The monoisotopic (exact) mass is 402 g/mol. The van der Waals surface area contributed by atoms with Crippen molar-refractivity contribution in [1.82, 2.24) is 10.9 Å². The van der Waals surface area contributed by atoms with Crippen molar-refractivity contribution in [1.29, 1.82) is 0 Å². The number of ether oxygens (including phenoxy) is 2. The van der Waals surface area contributed by atoms with E-state index in [1.807, 2.05) is 45.0 Å². The zero-order valence-corrected chi connectivity index (χ0v) is 17.7. The molecule has 0 atom stereocenters. The summed E-state index contributed by atoms with van der Waals surface area (Å²) in [5.74, 6) is 1.62. The Morgan fingerprint density at radius 3 is 2.25 bits per heavy atom. The SMILES string of the molecule is COc1cc(C)c(CSCC(=O)NNC(=O)c2ccc(C)cc2C)cc1OC. The summed E-state index contributed by atoms with van der Waals surface area (Å²) in [6.07, 6.45) is 0. The number of nitrogens with one attached hydrogen (secondary N) is 2. The number of thioether (sulfide) groups is 1. The fraction of sp³-hybridized carbons (Fsp3) is 0.333. The predicted octanol–water partition coefficient (Wildman–Crippen LogP) is 3.32. The lowest BCUT2D eigenvalue weighted by Gasteiger charge is -2.13. The largest absolute Gasteiger partial charge is 0.493 e. The minimum atomic E-state index is -0.327. The molecule has 2 aromatic rings. The standard InChI is InChI=1S/C21H26N2O4S/c1-13-6-7-17(15(3)8-13)21(25)23-22-20(24)12-28-11-16-10-19(27-5)18(26-4)9-14(16)2/h6-10H,11-12H2,1-5H3,(H,22,24)(H,23,25). The van der Waals surface area contributed by atoms with Crippen molar-refractivity contribution in [2.24, 2.45) is 0 Å². The van der Waals surface area contributed by atoms with Gasteiger partial charge in [-0.05, 0) is 55.7 Å². The van der Waals surface area contributed by atoms with Gasteiger partial charge in [0, 0.05) is 11.3 Å². The first-order valence-corrected chi connectivity index (χ1v) is 9.96. The zero-order chi connectivity index (χ0) is 20.7. The van der Waals surface area contributed by atoms with Crippen LogP contribution in [0.1, 0.15) is 32.6 Å². The molecule has 2 aromatic carbocycles. The Labute approximate surface area is 170 Å². The van der Waals surface area contributed by atoms with Crippen LogP contribution in [0.15, 0.2) is 30.3 Å². The number of aryl methyl sites for hydroxylation is 3. The maximum absolute atomic E-state index is 12.2. The van der Waals surface area contributed by atoms with Crippen LogP contribution in [0.3, 0.4) is 0 Å². The quantitative estimate of drug-likeness (QED) is 0.695. The Hall–Kier alpha value is -2.67. The van der Waals surface area contributed by atoms with Crippen LogP contribution in [0.4, 0.5) is 0 Å². The van der Waals surface area contributed by atoms with Crippen LogP contribution >= 0.6 is 11.8 Å². The highest BCUT2D eigenvalue weighted by Gasteiger charge is 2.12. The Morgan fingerprint density at radius 2 is 1.61 bits per heavy atom. The molecule has 28 heavy (non-hydrogen) atoms. The predicted molar refractivity (Wildman–Crippen MR) is 112 cm³/mol. The lowest BCUT2D eigenvalue weighted by atomic mass is 10.1. The molecule has 0 aliphatic carbocycles. The molecule has 0 heterocycles. The Balaban J connectivity index is 1.84. The number of hydrogen-bond donors (Lipinski definition) is 2. The third-order valence-corrected chi connectivity index (χ3v) is 5.26. The van der Waals surface area contributed by atoms with Crippen LogP contribution in [-0.2, 0) is 10.5 Å². The lowest BCUT2D eigenvalue weighted by molar-refractivity contribution is -0.119. The topological polar surface area (TPSA) is 76.7 Å². The zero-order valence-electron chi connectivity index (χ0n) is 16.8. The Morgan fingerprint density at radius 1 is 0.929 bits per heavy atom. The Kier molecular flexibility index (Phi) is 7.75. The van der Waals surface area contributed by atoms with Crippen molar-refractivity contribution in [3.63, 3.8) is 0 Å². The fourth-order valence-electron chi connectivity index (χ4n) is 2.73. The minimum absolute atomic E-state index is 0.223. The van der Waals surface area contributed by atoms with Crippen LogP contribution in [-0.4, -0.2) is 31.8 Å². The normalized spacial score (nSPS) is 10.3. The van der Waals surface area contributed by atoms with Crippen molar-refractivity contribution in [2.75, 3.05) is 20.0 Å². The molecule has 0 fully saturated rings.